The predicted molar refractivity (Wildman–Crippen MR) is 90.8 cm³/mol. The van der Waals surface area contributed by atoms with Gasteiger partial charge in [-0.05, 0) is 38.5 Å². The highest BCUT2D eigenvalue weighted by atomic mass is 16.4. The Labute approximate surface area is 135 Å². The van der Waals surface area contributed by atoms with Crippen LogP contribution in [0, 0.1) is 20.8 Å². The zero-order valence-electron chi connectivity index (χ0n) is 13.6. The molecule has 3 rings (SSSR count). The fourth-order valence-electron chi connectivity index (χ4n) is 3.08. The molecule has 1 N–H and O–H groups in total. The molecule has 0 unspecified atom stereocenters. The predicted octanol–water partition coefficient (Wildman–Crippen LogP) is 3.94. The second-order valence-electron chi connectivity index (χ2n) is 5.98. The Morgan fingerprint density at radius 2 is 1.96 bits per heavy atom. The summed E-state index contributed by atoms with van der Waals surface area (Å²) in [4.78, 5) is 15.8. The van der Waals surface area contributed by atoms with Crippen molar-refractivity contribution in [2.45, 2.75) is 33.6 Å². The van der Waals surface area contributed by atoms with Gasteiger partial charge in [-0.2, -0.15) is 0 Å². The summed E-state index contributed by atoms with van der Waals surface area (Å²) in [7, 11) is 0. The van der Waals surface area contributed by atoms with Gasteiger partial charge in [-0.15, -0.1) is 0 Å². The maximum Gasteiger partial charge on any atom is 0.303 e. The van der Waals surface area contributed by atoms with Crippen LogP contribution in [-0.2, 0) is 11.2 Å². The molecule has 2 aromatic heterocycles. The molecule has 4 nitrogen and oxygen atoms in total. The lowest BCUT2D eigenvalue weighted by Crippen LogP contribution is -2.03. The van der Waals surface area contributed by atoms with Crippen LogP contribution in [-0.4, -0.2) is 20.5 Å². The lowest BCUT2D eigenvalue weighted by Gasteiger charge is -2.09. The number of aromatic nitrogens is 2. The van der Waals surface area contributed by atoms with Gasteiger partial charge in [0.2, 0.25) is 0 Å². The van der Waals surface area contributed by atoms with Crippen LogP contribution in [0.25, 0.3) is 16.9 Å². The monoisotopic (exact) mass is 308 g/mol. The van der Waals surface area contributed by atoms with Crippen LogP contribution in [0.1, 0.15) is 28.9 Å². The number of aliphatic carboxylic acids is 1. The number of imidazole rings is 1. The third-order valence-electron chi connectivity index (χ3n) is 4.15. The van der Waals surface area contributed by atoms with Gasteiger partial charge in [0, 0.05) is 17.7 Å². The average Bonchev–Trinajstić information content (AvgIpc) is 2.85. The van der Waals surface area contributed by atoms with E-state index < -0.39 is 5.97 Å². The van der Waals surface area contributed by atoms with Crippen LogP contribution in [0.3, 0.4) is 0 Å². The number of hydrogen-bond acceptors (Lipinski definition) is 2. The van der Waals surface area contributed by atoms with Crippen molar-refractivity contribution < 1.29 is 9.90 Å². The van der Waals surface area contributed by atoms with E-state index in [1.165, 1.54) is 5.56 Å². The molecule has 0 saturated heterocycles. The Balaban J connectivity index is 2.24. The number of pyridine rings is 1. The summed E-state index contributed by atoms with van der Waals surface area (Å²) in [6.07, 6.45) is 0.560. The Bertz CT molecular complexity index is 894. The normalized spacial score (nSPS) is 11.1. The molecule has 0 aliphatic rings. The van der Waals surface area contributed by atoms with Gasteiger partial charge in [0.25, 0.3) is 0 Å². The second-order valence-corrected chi connectivity index (χ2v) is 5.98. The zero-order valence-corrected chi connectivity index (χ0v) is 13.6. The summed E-state index contributed by atoms with van der Waals surface area (Å²) in [6.45, 7) is 6.15. The molecule has 0 saturated carbocycles. The van der Waals surface area contributed by atoms with Gasteiger partial charge in [0.15, 0.2) is 0 Å². The zero-order chi connectivity index (χ0) is 16.6. The molecule has 4 heteroatoms. The molecule has 0 spiro atoms. The van der Waals surface area contributed by atoms with Crippen molar-refractivity contribution in [2.24, 2.45) is 0 Å². The lowest BCUT2D eigenvalue weighted by molar-refractivity contribution is -0.136. The second kappa shape index (κ2) is 5.88. The van der Waals surface area contributed by atoms with E-state index in [-0.39, 0.29) is 6.42 Å². The van der Waals surface area contributed by atoms with Crippen molar-refractivity contribution in [1.29, 1.82) is 0 Å². The highest BCUT2D eigenvalue weighted by molar-refractivity contribution is 5.72. The summed E-state index contributed by atoms with van der Waals surface area (Å²) in [5, 5.41) is 9.08. The number of hydrogen-bond donors (Lipinski definition) is 1. The number of carboxylic acids is 1. The van der Waals surface area contributed by atoms with Crippen molar-refractivity contribution >= 4 is 11.6 Å². The average molecular weight is 308 g/mol. The summed E-state index contributed by atoms with van der Waals surface area (Å²) in [5.74, 6) is -0.792. The summed E-state index contributed by atoms with van der Waals surface area (Å²) in [6, 6.07) is 12.2. The molecule has 0 bridgehead atoms. The van der Waals surface area contributed by atoms with Gasteiger partial charge in [0.1, 0.15) is 5.65 Å². The maximum absolute atomic E-state index is 11.0. The first kappa shape index (κ1) is 15.3. The number of benzene rings is 1. The first-order valence-electron chi connectivity index (χ1n) is 7.73. The Morgan fingerprint density at radius 3 is 2.65 bits per heavy atom. The third-order valence-corrected chi connectivity index (χ3v) is 4.15. The molecule has 2 heterocycles. The number of carboxylic acid groups (broad SMARTS) is 1. The minimum Gasteiger partial charge on any atom is -0.481 e. The van der Waals surface area contributed by atoms with E-state index in [9.17, 15) is 4.79 Å². The first-order valence-corrected chi connectivity index (χ1v) is 7.73. The fourth-order valence-corrected chi connectivity index (χ4v) is 3.08. The van der Waals surface area contributed by atoms with Gasteiger partial charge < -0.3 is 9.51 Å². The molecule has 0 amide bonds. The Hall–Kier alpha value is -2.62. The molecule has 3 aromatic rings. The molecule has 1 aromatic carbocycles. The molecular weight excluding hydrogens is 288 g/mol. The van der Waals surface area contributed by atoms with Gasteiger partial charge in [-0.1, -0.05) is 29.8 Å². The molecule has 0 radical (unpaired) electrons. The van der Waals surface area contributed by atoms with Crippen molar-refractivity contribution in [1.82, 2.24) is 9.38 Å². The van der Waals surface area contributed by atoms with Crippen LogP contribution in [0.2, 0.25) is 0 Å². The third kappa shape index (κ3) is 2.84. The van der Waals surface area contributed by atoms with Gasteiger partial charge in [0.05, 0.1) is 17.8 Å². The molecule has 118 valence electrons. The SMILES string of the molecule is Cc1ccc(-c2nc3cccc(C)n3c2CCC(=O)O)c(C)c1. The van der Waals surface area contributed by atoms with E-state index in [1.54, 1.807) is 0 Å². The molecule has 0 aliphatic carbocycles. The van der Waals surface area contributed by atoms with Crippen LogP contribution < -0.4 is 0 Å². The molecular formula is C19H20N2O2. The van der Waals surface area contributed by atoms with Crippen molar-refractivity contribution in [2.75, 3.05) is 0 Å². The maximum atomic E-state index is 11.0. The van der Waals surface area contributed by atoms with E-state index in [4.69, 9.17) is 10.1 Å². The van der Waals surface area contributed by atoms with E-state index >= 15 is 0 Å². The Kier molecular flexibility index (Phi) is 3.90. The summed E-state index contributed by atoms with van der Waals surface area (Å²) in [5.41, 5.74) is 7.21. The minimum atomic E-state index is -0.792. The number of aryl methyl sites for hydroxylation is 4. The standard InChI is InChI=1S/C19H20N2O2/c1-12-7-8-15(13(2)11-12)19-16(9-10-18(22)23)21-14(3)5-4-6-17(21)20-19/h4-8,11H,9-10H2,1-3H3,(H,22,23). The summed E-state index contributed by atoms with van der Waals surface area (Å²) < 4.78 is 2.07. The van der Waals surface area contributed by atoms with Crippen LogP contribution in [0.5, 0.6) is 0 Å². The van der Waals surface area contributed by atoms with Crippen LogP contribution in [0.4, 0.5) is 0 Å². The van der Waals surface area contributed by atoms with Crippen molar-refractivity contribution in [3.05, 3.63) is 58.9 Å². The highest BCUT2D eigenvalue weighted by Gasteiger charge is 2.17. The number of nitrogens with zero attached hydrogens (tertiary/aromatic N) is 2. The van der Waals surface area contributed by atoms with Gasteiger partial charge >= 0.3 is 5.97 Å². The van der Waals surface area contributed by atoms with Crippen LogP contribution in [0.15, 0.2) is 36.4 Å². The number of rotatable bonds is 4. The molecule has 0 fully saturated rings. The number of carbonyl (C=O) groups is 1. The van der Waals surface area contributed by atoms with E-state index in [2.05, 4.69) is 36.4 Å². The fraction of sp³-hybridized carbons (Fsp3) is 0.263. The highest BCUT2D eigenvalue weighted by Crippen LogP contribution is 2.29. The molecule has 0 atom stereocenters. The van der Waals surface area contributed by atoms with Crippen molar-refractivity contribution in [3.8, 4) is 11.3 Å². The Morgan fingerprint density at radius 1 is 1.17 bits per heavy atom. The van der Waals surface area contributed by atoms with Gasteiger partial charge in [-0.3, -0.25) is 4.79 Å². The van der Waals surface area contributed by atoms with E-state index in [0.717, 1.165) is 33.9 Å². The molecule has 0 aliphatic heterocycles. The topological polar surface area (TPSA) is 54.6 Å². The quantitative estimate of drug-likeness (QED) is 0.794. The van der Waals surface area contributed by atoms with Crippen molar-refractivity contribution in [3.63, 3.8) is 0 Å². The van der Waals surface area contributed by atoms with E-state index in [0.29, 0.717) is 6.42 Å². The number of fused-ring (bicyclic) bond motifs is 1. The van der Waals surface area contributed by atoms with Crippen LogP contribution >= 0.6 is 0 Å². The largest absolute Gasteiger partial charge is 0.481 e. The van der Waals surface area contributed by atoms with Gasteiger partial charge in [-0.25, -0.2) is 4.98 Å². The molecule has 23 heavy (non-hydrogen) atoms. The first-order chi connectivity index (χ1) is 11.0. The summed E-state index contributed by atoms with van der Waals surface area (Å²) >= 11 is 0. The smallest absolute Gasteiger partial charge is 0.303 e. The lowest BCUT2D eigenvalue weighted by atomic mass is 10.0. The minimum absolute atomic E-state index is 0.0973. The van der Waals surface area contributed by atoms with E-state index in [1.807, 2.05) is 25.1 Å².